The lowest BCUT2D eigenvalue weighted by atomic mass is 10.2. The Kier molecular flexibility index (Phi) is 6.70. The van der Waals surface area contributed by atoms with E-state index in [-0.39, 0.29) is 11.4 Å². The zero-order valence-electron chi connectivity index (χ0n) is 14.5. The minimum atomic E-state index is -3.80. The van der Waals surface area contributed by atoms with Crippen LogP contribution in [0.15, 0.2) is 41.3 Å². The third kappa shape index (κ3) is 4.87. The van der Waals surface area contributed by atoms with Crippen molar-refractivity contribution in [1.82, 2.24) is 4.72 Å². The van der Waals surface area contributed by atoms with Crippen LogP contribution < -0.4 is 14.2 Å². The smallest absolute Gasteiger partial charge is 0.244 e. The van der Waals surface area contributed by atoms with Gasteiger partial charge in [0.05, 0.1) is 13.2 Å². The van der Waals surface area contributed by atoms with Crippen LogP contribution in [0.1, 0.15) is 25.0 Å². The molecule has 136 valence electrons. The van der Waals surface area contributed by atoms with Crippen LogP contribution in [0.5, 0.6) is 11.5 Å². The minimum Gasteiger partial charge on any atom is -0.494 e. The van der Waals surface area contributed by atoms with Gasteiger partial charge in [-0.3, -0.25) is 0 Å². The van der Waals surface area contributed by atoms with Crippen molar-refractivity contribution in [2.24, 2.45) is 0 Å². The highest BCUT2D eigenvalue weighted by atomic mass is 35.5. The van der Waals surface area contributed by atoms with Gasteiger partial charge in [-0.05, 0) is 44.0 Å². The fourth-order valence-corrected chi connectivity index (χ4v) is 3.67. The van der Waals surface area contributed by atoms with Gasteiger partial charge in [-0.15, -0.1) is 0 Å². The summed E-state index contributed by atoms with van der Waals surface area (Å²) in [4.78, 5) is 0.0513. The van der Waals surface area contributed by atoms with Gasteiger partial charge in [0.15, 0.2) is 0 Å². The van der Waals surface area contributed by atoms with Crippen molar-refractivity contribution >= 4 is 21.6 Å². The number of hydrogen-bond donors (Lipinski definition) is 1. The number of hydrogen-bond acceptors (Lipinski definition) is 4. The summed E-state index contributed by atoms with van der Waals surface area (Å²) >= 11 is 6.09. The highest BCUT2D eigenvalue weighted by Gasteiger charge is 2.22. The maximum absolute atomic E-state index is 12.8. The molecule has 0 aliphatic rings. The average molecular weight is 384 g/mol. The molecule has 0 bridgehead atoms. The molecule has 2 aromatic carbocycles. The first kappa shape index (κ1) is 19.6. The van der Waals surface area contributed by atoms with Crippen molar-refractivity contribution < 1.29 is 17.9 Å². The third-order valence-corrected chi connectivity index (χ3v) is 5.33. The molecule has 0 saturated carbocycles. The largest absolute Gasteiger partial charge is 0.494 e. The van der Waals surface area contributed by atoms with Gasteiger partial charge in [0, 0.05) is 17.6 Å². The Morgan fingerprint density at radius 2 is 1.68 bits per heavy atom. The highest BCUT2D eigenvalue weighted by Crippen LogP contribution is 2.32. The molecule has 0 saturated heterocycles. The van der Waals surface area contributed by atoms with E-state index in [1.54, 1.807) is 37.3 Å². The van der Waals surface area contributed by atoms with E-state index >= 15 is 0 Å². The molecule has 7 heteroatoms. The van der Waals surface area contributed by atoms with Crippen LogP contribution in [0.4, 0.5) is 0 Å². The molecule has 0 aliphatic heterocycles. The number of rotatable bonds is 8. The number of benzene rings is 2. The van der Waals surface area contributed by atoms with Crippen molar-refractivity contribution in [2.75, 3.05) is 13.2 Å². The molecule has 2 rings (SSSR count). The van der Waals surface area contributed by atoms with Crippen LogP contribution >= 0.6 is 11.6 Å². The summed E-state index contributed by atoms with van der Waals surface area (Å²) in [6, 6.07) is 10.3. The second-order valence-corrected chi connectivity index (χ2v) is 7.49. The average Bonchev–Trinajstić information content (AvgIpc) is 2.57. The predicted octanol–water partition coefficient (Wildman–Crippen LogP) is 3.92. The molecule has 5 nitrogen and oxygen atoms in total. The summed E-state index contributed by atoms with van der Waals surface area (Å²) in [5.74, 6) is 0.819. The molecule has 0 fully saturated rings. The fraction of sp³-hybridized carbons (Fsp3) is 0.333. The first-order valence-electron chi connectivity index (χ1n) is 8.02. The van der Waals surface area contributed by atoms with Crippen molar-refractivity contribution in [2.45, 2.75) is 32.2 Å². The standard InChI is InChI=1S/C18H22ClNO4S/c1-4-23-16-11-18(17(24-5-2)10-13(16)3)25(21,22)20-12-14-8-6-7-9-15(14)19/h6-11,20H,4-5,12H2,1-3H3. The molecule has 0 aliphatic carbocycles. The van der Waals surface area contributed by atoms with E-state index in [4.69, 9.17) is 21.1 Å². The van der Waals surface area contributed by atoms with E-state index in [0.29, 0.717) is 35.3 Å². The summed E-state index contributed by atoms with van der Waals surface area (Å²) in [6.45, 7) is 6.40. The third-order valence-electron chi connectivity index (χ3n) is 3.54. The molecule has 0 amide bonds. The maximum Gasteiger partial charge on any atom is 0.244 e. The maximum atomic E-state index is 12.8. The second kappa shape index (κ2) is 8.56. The molecule has 25 heavy (non-hydrogen) atoms. The van der Waals surface area contributed by atoms with Gasteiger partial charge in [-0.25, -0.2) is 13.1 Å². The summed E-state index contributed by atoms with van der Waals surface area (Å²) < 4.78 is 39.2. The van der Waals surface area contributed by atoms with Gasteiger partial charge < -0.3 is 9.47 Å². The molecular formula is C18H22ClNO4S. The lowest BCUT2D eigenvalue weighted by Crippen LogP contribution is -2.24. The molecule has 0 unspecified atom stereocenters. The minimum absolute atomic E-state index is 0.0513. The molecule has 2 aromatic rings. The molecular weight excluding hydrogens is 362 g/mol. The number of ether oxygens (including phenoxy) is 2. The van der Waals surface area contributed by atoms with Crippen LogP contribution in [-0.2, 0) is 16.6 Å². The zero-order chi connectivity index (χ0) is 18.4. The van der Waals surface area contributed by atoms with Gasteiger partial charge in [0.2, 0.25) is 10.0 Å². The van der Waals surface area contributed by atoms with Crippen molar-refractivity contribution in [3.05, 3.63) is 52.5 Å². The van der Waals surface area contributed by atoms with Crippen molar-refractivity contribution in [3.63, 3.8) is 0 Å². The first-order valence-corrected chi connectivity index (χ1v) is 9.88. The van der Waals surface area contributed by atoms with Crippen LogP contribution in [0.25, 0.3) is 0 Å². The van der Waals surface area contributed by atoms with Gasteiger partial charge in [-0.2, -0.15) is 0 Å². The second-order valence-electron chi connectivity index (χ2n) is 5.35. The first-order chi connectivity index (χ1) is 11.9. The summed E-state index contributed by atoms with van der Waals surface area (Å²) in [5, 5.41) is 0.508. The van der Waals surface area contributed by atoms with Crippen molar-refractivity contribution in [3.8, 4) is 11.5 Å². The number of sulfonamides is 1. The van der Waals surface area contributed by atoms with Crippen LogP contribution in [-0.4, -0.2) is 21.6 Å². The lowest BCUT2D eigenvalue weighted by molar-refractivity contribution is 0.320. The molecule has 0 atom stereocenters. The molecule has 0 radical (unpaired) electrons. The number of halogens is 1. The molecule has 0 heterocycles. The summed E-state index contributed by atoms with van der Waals surface area (Å²) in [7, 11) is -3.80. The van der Waals surface area contributed by atoms with Gasteiger partial charge >= 0.3 is 0 Å². The van der Waals surface area contributed by atoms with Crippen molar-refractivity contribution in [1.29, 1.82) is 0 Å². The molecule has 0 spiro atoms. The Morgan fingerprint density at radius 1 is 1.04 bits per heavy atom. The summed E-state index contributed by atoms with van der Waals surface area (Å²) in [5.41, 5.74) is 1.51. The monoisotopic (exact) mass is 383 g/mol. The van der Waals surface area contributed by atoms with Crippen LogP contribution in [0.3, 0.4) is 0 Å². The topological polar surface area (TPSA) is 64.6 Å². The Balaban J connectivity index is 2.36. The Morgan fingerprint density at radius 3 is 2.32 bits per heavy atom. The quantitative estimate of drug-likeness (QED) is 0.750. The van der Waals surface area contributed by atoms with E-state index in [1.807, 2.05) is 13.8 Å². The van der Waals surface area contributed by atoms with E-state index in [1.165, 1.54) is 6.07 Å². The van der Waals surface area contributed by atoms with E-state index < -0.39 is 10.0 Å². The van der Waals surface area contributed by atoms with Crippen LogP contribution in [0.2, 0.25) is 5.02 Å². The van der Waals surface area contributed by atoms with Crippen LogP contribution in [0, 0.1) is 6.92 Å². The Bertz CT molecular complexity index is 837. The molecule has 1 N–H and O–H groups in total. The summed E-state index contributed by atoms with van der Waals surface area (Å²) in [6.07, 6.45) is 0. The zero-order valence-corrected chi connectivity index (χ0v) is 16.1. The van der Waals surface area contributed by atoms with E-state index in [0.717, 1.165) is 5.56 Å². The predicted molar refractivity (Wildman–Crippen MR) is 99.0 cm³/mol. The SMILES string of the molecule is CCOc1cc(S(=O)(=O)NCc2ccccc2Cl)c(OCC)cc1C. The van der Waals surface area contributed by atoms with Gasteiger partial charge in [-0.1, -0.05) is 29.8 Å². The normalized spacial score (nSPS) is 11.4. The highest BCUT2D eigenvalue weighted by molar-refractivity contribution is 7.89. The van der Waals surface area contributed by atoms with E-state index in [9.17, 15) is 8.42 Å². The fourth-order valence-electron chi connectivity index (χ4n) is 2.32. The number of nitrogens with one attached hydrogen (secondary N) is 1. The van der Waals surface area contributed by atoms with Gasteiger partial charge in [0.1, 0.15) is 16.4 Å². The lowest BCUT2D eigenvalue weighted by Gasteiger charge is -2.16. The Hall–Kier alpha value is -1.76. The Labute approximate surface area is 154 Å². The van der Waals surface area contributed by atoms with Gasteiger partial charge in [0.25, 0.3) is 0 Å². The van der Waals surface area contributed by atoms with E-state index in [2.05, 4.69) is 4.72 Å². The molecule has 0 aromatic heterocycles. The number of aryl methyl sites for hydroxylation is 1.